The summed E-state index contributed by atoms with van der Waals surface area (Å²) in [7, 11) is 0. The second kappa shape index (κ2) is 6.14. The third-order valence-electron chi connectivity index (χ3n) is 2.40. The summed E-state index contributed by atoms with van der Waals surface area (Å²) in [5.74, 6) is -5.43. The highest BCUT2D eigenvalue weighted by molar-refractivity contribution is 7.99. The molecule has 0 amide bonds. The first-order chi connectivity index (χ1) is 9.93. The number of carboxylic acid groups (broad SMARTS) is 1. The monoisotopic (exact) mass is 319 g/mol. The fraction of sp³-hybridized carbons (Fsp3) is 0.182. The Kier molecular flexibility index (Phi) is 4.48. The first-order valence-electron chi connectivity index (χ1n) is 5.48. The van der Waals surface area contributed by atoms with Crippen molar-refractivity contribution in [1.82, 2.24) is 14.8 Å². The number of carbonyl (C=O) groups is 1. The molecule has 2 N–H and O–H groups in total. The molecular formula is C11H8F3N3O3S. The highest BCUT2D eigenvalue weighted by atomic mass is 32.2. The van der Waals surface area contributed by atoms with Gasteiger partial charge in [0.1, 0.15) is 12.4 Å². The van der Waals surface area contributed by atoms with Gasteiger partial charge >= 0.3 is 5.97 Å². The summed E-state index contributed by atoms with van der Waals surface area (Å²) in [4.78, 5) is 10.6. The molecule has 0 unspecified atom stereocenters. The smallest absolute Gasteiger partial charge is 0.313 e. The molecule has 0 atom stereocenters. The van der Waals surface area contributed by atoms with Gasteiger partial charge in [-0.05, 0) is 0 Å². The van der Waals surface area contributed by atoms with Gasteiger partial charge in [0, 0.05) is 12.1 Å². The predicted octanol–water partition coefficient (Wildman–Crippen LogP) is 1.35. The number of rotatable bonds is 5. The zero-order chi connectivity index (χ0) is 15.6. The summed E-state index contributed by atoms with van der Waals surface area (Å²) >= 11 is 0.701. The topological polar surface area (TPSA) is 88.2 Å². The standard InChI is InChI=1S/C11H8F3N3O3S/c12-5-1-7(14)8(2-6(5)13)17-9(3-18)15-16-11(17)21-4-10(19)20/h1-2,18H,3-4H2,(H,19,20). The van der Waals surface area contributed by atoms with Crippen molar-refractivity contribution in [3.05, 3.63) is 35.4 Å². The Hall–Kier alpha value is -2.07. The van der Waals surface area contributed by atoms with E-state index in [4.69, 9.17) is 10.2 Å². The summed E-state index contributed by atoms with van der Waals surface area (Å²) in [6, 6.07) is 0.926. The molecule has 0 fully saturated rings. The van der Waals surface area contributed by atoms with Gasteiger partial charge in [-0.3, -0.25) is 9.36 Å². The zero-order valence-corrected chi connectivity index (χ0v) is 11.1. The summed E-state index contributed by atoms with van der Waals surface area (Å²) in [6.45, 7) is -0.640. The Bertz CT molecular complexity index is 693. The van der Waals surface area contributed by atoms with Crippen LogP contribution in [-0.2, 0) is 11.4 Å². The molecule has 1 heterocycles. The van der Waals surface area contributed by atoms with Crippen molar-refractivity contribution in [2.45, 2.75) is 11.8 Å². The molecule has 1 aromatic carbocycles. The van der Waals surface area contributed by atoms with Crippen molar-refractivity contribution >= 4 is 17.7 Å². The van der Waals surface area contributed by atoms with Crippen LogP contribution in [0, 0.1) is 17.5 Å². The van der Waals surface area contributed by atoms with Crippen molar-refractivity contribution in [2.75, 3.05) is 5.75 Å². The molecule has 0 spiro atoms. The van der Waals surface area contributed by atoms with E-state index in [1.54, 1.807) is 0 Å². The molecule has 0 radical (unpaired) electrons. The number of hydrogen-bond acceptors (Lipinski definition) is 5. The Morgan fingerprint density at radius 2 is 1.86 bits per heavy atom. The van der Waals surface area contributed by atoms with E-state index in [2.05, 4.69) is 10.2 Å². The van der Waals surface area contributed by atoms with E-state index in [-0.39, 0.29) is 11.0 Å². The minimum absolute atomic E-state index is 0.0636. The Morgan fingerprint density at radius 3 is 2.48 bits per heavy atom. The van der Waals surface area contributed by atoms with Gasteiger partial charge in [0.25, 0.3) is 0 Å². The first kappa shape index (κ1) is 15.3. The van der Waals surface area contributed by atoms with Gasteiger partial charge in [0.05, 0.1) is 11.4 Å². The highest BCUT2D eigenvalue weighted by Gasteiger charge is 2.20. The maximum absolute atomic E-state index is 13.8. The van der Waals surface area contributed by atoms with Gasteiger partial charge < -0.3 is 10.2 Å². The van der Waals surface area contributed by atoms with Crippen LogP contribution in [0.4, 0.5) is 13.2 Å². The van der Waals surface area contributed by atoms with Crippen LogP contribution in [0.15, 0.2) is 17.3 Å². The van der Waals surface area contributed by atoms with Crippen molar-refractivity contribution in [3.63, 3.8) is 0 Å². The van der Waals surface area contributed by atoms with E-state index in [9.17, 15) is 18.0 Å². The van der Waals surface area contributed by atoms with E-state index in [1.807, 2.05) is 0 Å². The number of halogens is 3. The lowest BCUT2D eigenvalue weighted by Gasteiger charge is -2.10. The third kappa shape index (κ3) is 3.16. The fourth-order valence-corrected chi connectivity index (χ4v) is 2.23. The van der Waals surface area contributed by atoms with Gasteiger partial charge in [0.2, 0.25) is 0 Å². The summed E-state index contributed by atoms with van der Waals surface area (Å²) in [6.07, 6.45) is 0. The predicted molar refractivity (Wildman–Crippen MR) is 65.5 cm³/mol. The molecule has 0 aliphatic rings. The van der Waals surface area contributed by atoms with Gasteiger partial charge in [-0.1, -0.05) is 11.8 Å². The normalized spacial score (nSPS) is 10.9. The van der Waals surface area contributed by atoms with Gasteiger partial charge in [0.15, 0.2) is 22.6 Å². The third-order valence-corrected chi connectivity index (χ3v) is 3.31. The van der Waals surface area contributed by atoms with E-state index in [1.165, 1.54) is 0 Å². The number of benzene rings is 1. The lowest BCUT2D eigenvalue weighted by molar-refractivity contribution is -0.133. The van der Waals surface area contributed by atoms with E-state index in [0.29, 0.717) is 23.9 Å². The molecule has 0 saturated heterocycles. The number of hydrogen-bond donors (Lipinski definition) is 2. The van der Waals surface area contributed by atoms with E-state index in [0.717, 1.165) is 4.57 Å². The lowest BCUT2D eigenvalue weighted by Crippen LogP contribution is -2.08. The molecule has 0 saturated carbocycles. The average molecular weight is 319 g/mol. The molecule has 10 heteroatoms. The van der Waals surface area contributed by atoms with Crippen LogP contribution in [-0.4, -0.2) is 36.7 Å². The van der Waals surface area contributed by atoms with Gasteiger partial charge in [-0.2, -0.15) is 0 Å². The van der Waals surface area contributed by atoms with Crippen molar-refractivity contribution in [2.24, 2.45) is 0 Å². The Balaban J connectivity index is 2.53. The van der Waals surface area contributed by atoms with Crippen molar-refractivity contribution in [1.29, 1.82) is 0 Å². The molecule has 0 bridgehead atoms. The fourth-order valence-electron chi connectivity index (χ4n) is 1.55. The Morgan fingerprint density at radius 1 is 1.19 bits per heavy atom. The van der Waals surface area contributed by atoms with Crippen LogP contribution >= 0.6 is 11.8 Å². The maximum atomic E-state index is 13.8. The van der Waals surface area contributed by atoms with Gasteiger partial charge in [-0.15, -0.1) is 10.2 Å². The Labute approximate surface area is 120 Å². The lowest BCUT2D eigenvalue weighted by atomic mass is 10.2. The van der Waals surface area contributed by atoms with Gasteiger partial charge in [-0.25, -0.2) is 13.2 Å². The summed E-state index contributed by atoms with van der Waals surface area (Å²) in [5.41, 5.74) is -0.421. The summed E-state index contributed by atoms with van der Waals surface area (Å²) < 4.78 is 41.0. The molecule has 0 aliphatic heterocycles. The molecule has 2 rings (SSSR count). The zero-order valence-electron chi connectivity index (χ0n) is 10.3. The SMILES string of the molecule is O=C(O)CSc1nnc(CO)n1-c1cc(F)c(F)cc1F. The van der Waals surface area contributed by atoms with Crippen LogP contribution in [0.1, 0.15) is 5.82 Å². The van der Waals surface area contributed by atoms with Crippen molar-refractivity contribution in [3.8, 4) is 5.69 Å². The molecule has 6 nitrogen and oxygen atoms in total. The molecular weight excluding hydrogens is 311 g/mol. The average Bonchev–Trinajstić information content (AvgIpc) is 2.83. The summed E-state index contributed by atoms with van der Waals surface area (Å²) in [5, 5.41) is 24.9. The quantitative estimate of drug-likeness (QED) is 0.639. The van der Waals surface area contributed by atoms with Crippen LogP contribution < -0.4 is 0 Å². The molecule has 1 aromatic heterocycles. The molecule has 112 valence electrons. The highest BCUT2D eigenvalue weighted by Crippen LogP contribution is 2.25. The van der Waals surface area contributed by atoms with Crippen molar-refractivity contribution < 1.29 is 28.2 Å². The van der Waals surface area contributed by atoms with E-state index < -0.39 is 41.5 Å². The molecule has 0 aliphatic carbocycles. The number of aliphatic carboxylic acids is 1. The van der Waals surface area contributed by atoms with Crippen LogP contribution in [0.25, 0.3) is 5.69 Å². The molecule has 21 heavy (non-hydrogen) atoms. The number of carboxylic acids is 1. The molecule has 2 aromatic rings. The van der Waals surface area contributed by atoms with Crippen LogP contribution in [0.3, 0.4) is 0 Å². The number of thioether (sulfide) groups is 1. The number of nitrogens with zero attached hydrogens (tertiary/aromatic N) is 3. The largest absolute Gasteiger partial charge is 0.481 e. The minimum Gasteiger partial charge on any atom is -0.481 e. The van der Waals surface area contributed by atoms with E-state index >= 15 is 0 Å². The minimum atomic E-state index is -1.37. The second-order valence-corrected chi connectivity index (χ2v) is 4.73. The first-order valence-corrected chi connectivity index (χ1v) is 6.47. The number of aliphatic hydroxyl groups excluding tert-OH is 1. The van der Waals surface area contributed by atoms with Crippen LogP contribution in [0.5, 0.6) is 0 Å². The maximum Gasteiger partial charge on any atom is 0.313 e. The second-order valence-electron chi connectivity index (χ2n) is 3.79. The van der Waals surface area contributed by atoms with Crippen LogP contribution in [0.2, 0.25) is 0 Å². The number of aromatic nitrogens is 3. The number of aliphatic hydroxyl groups is 1.